The second-order valence-corrected chi connectivity index (χ2v) is 7.25. The van der Waals surface area contributed by atoms with Crippen LogP contribution in [-0.4, -0.2) is 28.5 Å². The molecule has 2 aromatic carbocycles. The molecule has 1 amide bonds. The monoisotopic (exact) mass is 348 g/mol. The summed E-state index contributed by atoms with van der Waals surface area (Å²) in [6.45, 7) is 0.258. The zero-order valence-electron chi connectivity index (χ0n) is 15.1. The van der Waals surface area contributed by atoms with Crippen molar-refractivity contribution in [3.63, 3.8) is 0 Å². The molecule has 0 atom stereocenters. The number of carbonyl (C=O) groups is 1. The van der Waals surface area contributed by atoms with Gasteiger partial charge in [-0.05, 0) is 37.1 Å². The second kappa shape index (κ2) is 6.94. The van der Waals surface area contributed by atoms with Crippen LogP contribution < -0.4 is 5.43 Å². The van der Waals surface area contributed by atoms with Crippen LogP contribution in [0.4, 0.5) is 0 Å². The minimum Gasteiger partial charge on any atom is -0.341 e. The van der Waals surface area contributed by atoms with E-state index in [-0.39, 0.29) is 17.9 Å². The van der Waals surface area contributed by atoms with Gasteiger partial charge in [0.15, 0.2) is 5.43 Å². The predicted octanol–water partition coefficient (Wildman–Crippen LogP) is 3.95. The van der Waals surface area contributed by atoms with E-state index in [1.54, 1.807) is 0 Å². The second-order valence-electron chi connectivity index (χ2n) is 7.25. The summed E-state index contributed by atoms with van der Waals surface area (Å²) in [7, 11) is 1.92. The highest BCUT2D eigenvalue weighted by Gasteiger charge is 2.23. The van der Waals surface area contributed by atoms with Gasteiger partial charge in [0, 0.05) is 23.9 Å². The van der Waals surface area contributed by atoms with Gasteiger partial charge in [0.2, 0.25) is 5.91 Å². The Morgan fingerprint density at radius 3 is 2.08 bits per heavy atom. The number of para-hydroxylation sites is 2. The summed E-state index contributed by atoms with van der Waals surface area (Å²) in [5, 5.41) is 1.33. The molecule has 1 aliphatic rings. The molecular formula is C22H24N2O2. The van der Waals surface area contributed by atoms with E-state index in [1.807, 2.05) is 65.0 Å². The number of rotatable bonds is 3. The molecule has 4 rings (SSSR count). The highest BCUT2D eigenvalue weighted by Crippen LogP contribution is 2.23. The van der Waals surface area contributed by atoms with Gasteiger partial charge < -0.3 is 9.47 Å². The van der Waals surface area contributed by atoms with Crippen LogP contribution in [0.15, 0.2) is 53.3 Å². The molecule has 0 spiro atoms. The van der Waals surface area contributed by atoms with Crippen molar-refractivity contribution in [3.8, 4) is 0 Å². The van der Waals surface area contributed by atoms with Gasteiger partial charge in [0.1, 0.15) is 6.54 Å². The average Bonchev–Trinajstić information content (AvgIpc) is 2.71. The summed E-state index contributed by atoms with van der Waals surface area (Å²) in [5.41, 5.74) is 1.67. The normalized spacial score (nSPS) is 15.4. The minimum atomic E-state index is 0.0283. The van der Waals surface area contributed by atoms with E-state index in [4.69, 9.17) is 0 Å². The van der Waals surface area contributed by atoms with Gasteiger partial charge in [-0.25, -0.2) is 0 Å². The van der Waals surface area contributed by atoms with Gasteiger partial charge in [-0.3, -0.25) is 9.59 Å². The van der Waals surface area contributed by atoms with Gasteiger partial charge >= 0.3 is 0 Å². The number of hydrogen-bond donors (Lipinski definition) is 0. The Kier molecular flexibility index (Phi) is 4.49. The SMILES string of the molecule is CN(C(=O)Cn1c2ccccc2c(=O)c2ccccc21)C1CCCCC1. The molecule has 1 heterocycles. The highest BCUT2D eigenvalue weighted by molar-refractivity contribution is 5.94. The Morgan fingerprint density at radius 1 is 0.962 bits per heavy atom. The Bertz CT molecular complexity index is 955. The molecule has 1 saturated carbocycles. The third-order valence-electron chi connectivity index (χ3n) is 5.69. The van der Waals surface area contributed by atoms with Crippen molar-refractivity contribution in [3.05, 3.63) is 58.8 Å². The number of benzene rings is 2. The zero-order valence-corrected chi connectivity index (χ0v) is 15.1. The summed E-state index contributed by atoms with van der Waals surface area (Å²) in [4.78, 5) is 27.7. The van der Waals surface area contributed by atoms with E-state index in [1.165, 1.54) is 19.3 Å². The number of amides is 1. The third-order valence-corrected chi connectivity index (χ3v) is 5.69. The number of pyridine rings is 1. The van der Waals surface area contributed by atoms with Crippen LogP contribution in [0.25, 0.3) is 21.8 Å². The summed E-state index contributed by atoms with van der Waals surface area (Å²) >= 11 is 0. The van der Waals surface area contributed by atoms with Gasteiger partial charge in [-0.15, -0.1) is 0 Å². The predicted molar refractivity (Wildman–Crippen MR) is 105 cm³/mol. The van der Waals surface area contributed by atoms with E-state index >= 15 is 0 Å². The lowest BCUT2D eigenvalue weighted by atomic mass is 9.94. The summed E-state index contributed by atoms with van der Waals surface area (Å²) < 4.78 is 1.99. The molecule has 0 saturated heterocycles. The lowest BCUT2D eigenvalue weighted by Crippen LogP contribution is -2.40. The topological polar surface area (TPSA) is 42.3 Å². The summed E-state index contributed by atoms with van der Waals surface area (Å²) in [6, 6.07) is 15.5. The average molecular weight is 348 g/mol. The number of aromatic nitrogens is 1. The molecule has 0 unspecified atom stereocenters. The lowest BCUT2D eigenvalue weighted by Gasteiger charge is -2.31. The Morgan fingerprint density at radius 2 is 1.50 bits per heavy atom. The first-order chi connectivity index (χ1) is 12.7. The van der Waals surface area contributed by atoms with Crippen molar-refractivity contribution in [2.45, 2.75) is 44.7 Å². The zero-order chi connectivity index (χ0) is 18.1. The summed E-state index contributed by atoms with van der Waals surface area (Å²) in [5.74, 6) is 0.107. The molecule has 0 radical (unpaired) electrons. The van der Waals surface area contributed by atoms with E-state index in [2.05, 4.69) is 0 Å². The molecule has 4 nitrogen and oxygen atoms in total. The first-order valence-corrected chi connectivity index (χ1v) is 9.43. The van der Waals surface area contributed by atoms with E-state index < -0.39 is 0 Å². The fourth-order valence-corrected chi connectivity index (χ4v) is 4.17. The molecule has 4 heteroatoms. The van der Waals surface area contributed by atoms with Gasteiger partial charge in [-0.1, -0.05) is 43.5 Å². The number of carbonyl (C=O) groups excluding carboxylic acids is 1. The minimum absolute atomic E-state index is 0.0283. The van der Waals surface area contributed by atoms with Crippen molar-refractivity contribution in [2.75, 3.05) is 7.05 Å². The maximum absolute atomic E-state index is 13.0. The smallest absolute Gasteiger partial charge is 0.242 e. The van der Waals surface area contributed by atoms with Crippen molar-refractivity contribution in [2.24, 2.45) is 0 Å². The van der Waals surface area contributed by atoms with Gasteiger partial charge in [0.05, 0.1) is 11.0 Å². The van der Waals surface area contributed by atoms with Crippen LogP contribution in [0.1, 0.15) is 32.1 Å². The fourth-order valence-electron chi connectivity index (χ4n) is 4.17. The van der Waals surface area contributed by atoms with Crippen LogP contribution in [0.3, 0.4) is 0 Å². The number of likely N-dealkylation sites (N-methyl/N-ethyl adjacent to an activating group) is 1. The van der Waals surface area contributed by atoms with Crippen LogP contribution in [-0.2, 0) is 11.3 Å². The highest BCUT2D eigenvalue weighted by atomic mass is 16.2. The standard InChI is InChI=1S/C22H24N2O2/c1-23(16-9-3-2-4-10-16)21(25)15-24-19-13-7-5-11-17(19)22(26)18-12-6-8-14-20(18)24/h5-8,11-14,16H,2-4,9-10,15H2,1H3. The van der Waals surface area contributed by atoms with Crippen LogP contribution in [0, 0.1) is 0 Å². The van der Waals surface area contributed by atoms with Crippen molar-refractivity contribution in [1.82, 2.24) is 9.47 Å². The molecule has 0 bridgehead atoms. The largest absolute Gasteiger partial charge is 0.341 e. The van der Waals surface area contributed by atoms with E-state index in [9.17, 15) is 9.59 Å². The molecular weight excluding hydrogens is 324 g/mol. The lowest BCUT2D eigenvalue weighted by molar-refractivity contribution is -0.133. The Labute approximate surface area is 153 Å². The molecule has 134 valence electrons. The molecule has 3 aromatic rings. The van der Waals surface area contributed by atoms with Gasteiger partial charge in [0.25, 0.3) is 0 Å². The van der Waals surface area contributed by atoms with Crippen molar-refractivity contribution in [1.29, 1.82) is 0 Å². The maximum Gasteiger partial charge on any atom is 0.242 e. The molecule has 1 aromatic heterocycles. The summed E-state index contributed by atoms with van der Waals surface area (Å²) in [6.07, 6.45) is 5.85. The number of nitrogens with zero attached hydrogens (tertiary/aromatic N) is 2. The molecule has 1 aliphatic carbocycles. The van der Waals surface area contributed by atoms with E-state index in [0.717, 1.165) is 23.9 Å². The molecule has 0 N–H and O–H groups in total. The first-order valence-electron chi connectivity index (χ1n) is 9.43. The van der Waals surface area contributed by atoms with Crippen LogP contribution in [0.5, 0.6) is 0 Å². The van der Waals surface area contributed by atoms with Crippen LogP contribution >= 0.6 is 0 Å². The first kappa shape index (κ1) is 16.8. The third kappa shape index (κ3) is 2.90. The van der Waals surface area contributed by atoms with Crippen LogP contribution in [0.2, 0.25) is 0 Å². The quantitative estimate of drug-likeness (QED) is 0.673. The number of fused-ring (bicyclic) bond motifs is 2. The molecule has 1 fully saturated rings. The fraction of sp³-hybridized carbons (Fsp3) is 0.364. The molecule has 26 heavy (non-hydrogen) atoms. The van der Waals surface area contributed by atoms with Crippen molar-refractivity contribution < 1.29 is 4.79 Å². The van der Waals surface area contributed by atoms with Crippen molar-refractivity contribution >= 4 is 27.7 Å². The Balaban J connectivity index is 1.78. The Hall–Kier alpha value is -2.62. The van der Waals surface area contributed by atoms with E-state index in [0.29, 0.717) is 16.8 Å². The van der Waals surface area contributed by atoms with Gasteiger partial charge in [-0.2, -0.15) is 0 Å². The number of hydrogen-bond acceptors (Lipinski definition) is 2. The maximum atomic E-state index is 13.0. The molecule has 0 aliphatic heterocycles.